The Morgan fingerprint density at radius 2 is 1.62 bits per heavy atom. The number of amides is 1. The third-order valence-electron chi connectivity index (χ3n) is 6.85. The number of nitrogens with one attached hydrogen (secondary N) is 2. The lowest BCUT2D eigenvalue weighted by Crippen LogP contribution is -2.49. The summed E-state index contributed by atoms with van der Waals surface area (Å²) in [4.78, 5) is 28.7. The van der Waals surface area contributed by atoms with Gasteiger partial charge in [-0.05, 0) is 55.4 Å². The van der Waals surface area contributed by atoms with Crippen LogP contribution in [0.2, 0.25) is 0 Å². The average Bonchev–Trinajstić information content (AvgIpc) is 2.88. The second-order valence-corrected chi connectivity index (χ2v) is 10.8. The molecule has 0 radical (unpaired) electrons. The molecule has 2 aromatic carbocycles. The van der Waals surface area contributed by atoms with Gasteiger partial charge in [0.05, 0.1) is 12.2 Å². The first-order valence-electron chi connectivity index (χ1n) is 12.9. The second kappa shape index (κ2) is 12.1. The van der Waals surface area contributed by atoms with Crippen LogP contribution in [0.1, 0.15) is 17.5 Å². The molecular weight excluding hydrogens is 530 g/mol. The molecule has 5 aliphatic heterocycles. The van der Waals surface area contributed by atoms with Gasteiger partial charge in [-0.3, -0.25) is 14.6 Å². The molecular formula is C28H34BrN7O. The Hall–Kier alpha value is -2.85. The van der Waals surface area contributed by atoms with Crippen LogP contribution in [0.15, 0.2) is 59.2 Å². The van der Waals surface area contributed by atoms with E-state index >= 15 is 0 Å². The van der Waals surface area contributed by atoms with Crippen LogP contribution >= 0.6 is 15.9 Å². The molecule has 2 N–H and O–H groups in total. The molecule has 0 spiro atoms. The largest absolute Gasteiger partial charge is 0.355 e. The minimum absolute atomic E-state index is 0.120. The summed E-state index contributed by atoms with van der Waals surface area (Å²) in [5.74, 6) is 0.695. The van der Waals surface area contributed by atoms with Gasteiger partial charge in [0, 0.05) is 67.7 Å². The third kappa shape index (κ3) is 7.35. The molecule has 3 aromatic rings. The van der Waals surface area contributed by atoms with Crippen molar-refractivity contribution in [1.82, 2.24) is 30.0 Å². The van der Waals surface area contributed by atoms with Gasteiger partial charge in [-0.25, -0.2) is 9.97 Å². The van der Waals surface area contributed by atoms with Crippen LogP contribution in [0.5, 0.6) is 0 Å². The Labute approximate surface area is 227 Å². The van der Waals surface area contributed by atoms with Gasteiger partial charge < -0.3 is 15.5 Å². The Balaban J connectivity index is 1.37. The van der Waals surface area contributed by atoms with Crippen LogP contribution in [-0.2, 0) is 17.9 Å². The molecule has 8 rings (SSSR count). The van der Waals surface area contributed by atoms with Crippen LogP contribution in [0.3, 0.4) is 0 Å². The molecule has 194 valence electrons. The van der Waals surface area contributed by atoms with Gasteiger partial charge in [0.2, 0.25) is 11.9 Å². The number of carbonyl (C=O) groups excluding carboxylic acids is 1. The molecule has 1 fully saturated rings. The lowest BCUT2D eigenvalue weighted by Gasteiger charge is -2.34. The molecule has 37 heavy (non-hydrogen) atoms. The van der Waals surface area contributed by atoms with E-state index in [0.717, 1.165) is 73.7 Å². The predicted octanol–water partition coefficient (Wildman–Crippen LogP) is 3.72. The van der Waals surface area contributed by atoms with Crippen molar-refractivity contribution < 1.29 is 4.79 Å². The van der Waals surface area contributed by atoms with Crippen LogP contribution in [-0.4, -0.2) is 83.4 Å². The maximum absolute atomic E-state index is 12.5. The van der Waals surface area contributed by atoms with E-state index in [1.807, 2.05) is 12.1 Å². The van der Waals surface area contributed by atoms with E-state index in [1.165, 1.54) is 11.1 Å². The van der Waals surface area contributed by atoms with Crippen molar-refractivity contribution in [3.63, 3.8) is 0 Å². The van der Waals surface area contributed by atoms with Gasteiger partial charge in [0.1, 0.15) is 0 Å². The third-order valence-corrected chi connectivity index (χ3v) is 7.31. The van der Waals surface area contributed by atoms with Gasteiger partial charge >= 0.3 is 0 Å². The van der Waals surface area contributed by atoms with E-state index in [9.17, 15) is 4.79 Å². The zero-order valence-electron chi connectivity index (χ0n) is 21.3. The first kappa shape index (κ1) is 25.8. The zero-order valence-corrected chi connectivity index (χ0v) is 22.9. The van der Waals surface area contributed by atoms with Crippen molar-refractivity contribution >= 4 is 33.5 Å². The summed E-state index contributed by atoms with van der Waals surface area (Å²) >= 11 is 3.67. The quantitative estimate of drug-likeness (QED) is 0.431. The van der Waals surface area contributed by atoms with Crippen LogP contribution in [0.4, 0.5) is 11.6 Å². The molecule has 9 heteroatoms. The number of benzene rings is 2. The van der Waals surface area contributed by atoms with E-state index in [2.05, 4.69) is 89.7 Å². The highest BCUT2D eigenvalue weighted by Gasteiger charge is 2.19. The zero-order chi connectivity index (χ0) is 25.6. The highest BCUT2D eigenvalue weighted by Crippen LogP contribution is 2.25. The molecule has 0 aliphatic carbocycles. The molecule has 8 nitrogen and oxygen atoms in total. The van der Waals surface area contributed by atoms with E-state index in [1.54, 1.807) is 6.20 Å². The summed E-state index contributed by atoms with van der Waals surface area (Å²) in [7, 11) is 2.12. The minimum atomic E-state index is 0.120. The summed E-state index contributed by atoms with van der Waals surface area (Å²) in [5.41, 5.74) is 5.36. The number of aromatic nitrogens is 2. The van der Waals surface area contributed by atoms with Gasteiger partial charge in [0.25, 0.3) is 0 Å². The number of hydrogen-bond donors (Lipinski definition) is 2. The van der Waals surface area contributed by atoms with Gasteiger partial charge in [-0.1, -0.05) is 40.2 Å². The van der Waals surface area contributed by atoms with Crippen molar-refractivity contribution in [1.29, 1.82) is 0 Å². The molecule has 6 heterocycles. The van der Waals surface area contributed by atoms with Crippen molar-refractivity contribution in [2.75, 3.05) is 58.2 Å². The van der Waals surface area contributed by atoms with Crippen molar-refractivity contribution in [2.24, 2.45) is 0 Å². The molecule has 0 unspecified atom stereocenters. The monoisotopic (exact) mass is 563 g/mol. The van der Waals surface area contributed by atoms with Gasteiger partial charge in [-0.15, -0.1) is 0 Å². The van der Waals surface area contributed by atoms with Crippen molar-refractivity contribution in [3.05, 3.63) is 70.3 Å². The Kier molecular flexibility index (Phi) is 8.45. The SMILES string of the molecule is CN1CCCNC(=O)CN2CCN(CC2)Cc2cc(Br)cc(c2)Nc2nccc(n2)-c2ccc(cc2)C1. The maximum Gasteiger partial charge on any atom is 0.234 e. The Bertz CT molecular complexity index is 1210. The fraction of sp³-hybridized carbons (Fsp3) is 0.393. The highest BCUT2D eigenvalue weighted by molar-refractivity contribution is 9.10. The lowest BCUT2D eigenvalue weighted by atomic mass is 10.1. The van der Waals surface area contributed by atoms with Gasteiger partial charge in [0.15, 0.2) is 0 Å². The molecule has 1 aromatic heterocycles. The Morgan fingerprint density at radius 1 is 0.865 bits per heavy atom. The number of carbonyl (C=O) groups is 1. The molecule has 1 saturated heterocycles. The topological polar surface area (TPSA) is 76.6 Å². The smallest absolute Gasteiger partial charge is 0.234 e. The fourth-order valence-electron chi connectivity index (χ4n) is 4.89. The average molecular weight is 565 g/mol. The summed E-state index contributed by atoms with van der Waals surface area (Å²) in [6.45, 7) is 7.50. The summed E-state index contributed by atoms with van der Waals surface area (Å²) < 4.78 is 1.01. The number of halogens is 1. The van der Waals surface area contributed by atoms with Crippen LogP contribution in [0.25, 0.3) is 11.3 Å². The summed E-state index contributed by atoms with van der Waals surface area (Å²) in [5, 5.41) is 6.49. The lowest BCUT2D eigenvalue weighted by molar-refractivity contribution is -0.122. The molecule has 0 atom stereocenters. The standard InChI is InChI=1S/C28H34BrN7O/c1-34-10-2-8-30-27(37)20-36-13-11-35(12-14-36)19-22-15-24(29)17-25(16-22)32-28-31-9-7-26(33-28)23-5-3-21(18-34)4-6-23/h3-7,9,15-17H,2,8,10-14,18-20H2,1H3,(H,30,37)(H,31,32,33). The minimum Gasteiger partial charge on any atom is -0.355 e. The van der Waals surface area contributed by atoms with E-state index < -0.39 is 0 Å². The fourth-order valence-corrected chi connectivity index (χ4v) is 5.43. The first-order chi connectivity index (χ1) is 18.0. The number of anilines is 2. The van der Waals surface area contributed by atoms with Gasteiger partial charge in [-0.2, -0.15) is 0 Å². The van der Waals surface area contributed by atoms with Crippen molar-refractivity contribution in [3.8, 4) is 11.3 Å². The molecule has 1 amide bonds. The number of hydrogen-bond acceptors (Lipinski definition) is 7. The summed E-state index contributed by atoms with van der Waals surface area (Å²) in [6.07, 6.45) is 2.73. The number of rotatable bonds is 0. The highest BCUT2D eigenvalue weighted by atomic mass is 79.9. The number of piperazine rings is 1. The van der Waals surface area contributed by atoms with Crippen LogP contribution < -0.4 is 10.6 Å². The van der Waals surface area contributed by atoms with Crippen LogP contribution in [0, 0.1) is 0 Å². The Morgan fingerprint density at radius 3 is 2.41 bits per heavy atom. The first-order valence-corrected chi connectivity index (χ1v) is 13.7. The molecule has 8 bridgehead atoms. The molecule has 0 saturated carbocycles. The van der Waals surface area contributed by atoms with E-state index in [0.29, 0.717) is 19.0 Å². The predicted molar refractivity (Wildman–Crippen MR) is 151 cm³/mol. The normalized spacial score (nSPS) is 21.6. The van der Waals surface area contributed by atoms with E-state index in [-0.39, 0.29) is 5.91 Å². The van der Waals surface area contributed by atoms with Crippen molar-refractivity contribution in [2.45, 2.75) is 19.5 Å². The maximum atomic E-state index is 12.5. The van der Waals surface area contributed by atoms with E-state index in [4.69, 9.17) is 4.98 Å². The second-order valence-electron chi connectivity index (χ2n) is 9.93. The number of nitrogens with zero attached hydrogens (tertiary/aromatic N) is 5. The summed E-state index contributed by atoms with van der Waals surface area (Å²) in [6, 6.07) is 16.8. The molecule has 5 aliphatic rings.